The zero-order valence-corrected chi connectivity index (χ0v) is 12.3. The maximum atomic E-state index is 12.0. The Kier molecular flexibility index (Phi) is 4.38. The Balaban J connectivity index is 2.41. The van der Waals surface area contributed by atoms with E-state index in [9.17, 15) is 9.59 Å². The highest BCUT2D eigenvalue weighted by Gasteiger charge is 2.10. The highest BCUT2D eigenvalue weighted by atomic mass is 16.5. The Morgan fingerprint density at radius 1 is 0.905 bits per heavy atom. The third-order valence-electron chi connectivity index (χ3n) is 3.13. The van der Waals surface area contributed by atoms with E-state index in [0.717, 1.165) is 11.1 Å². The molecule has 0 aliphatic carbocycles. The average molecular weight is 283 g/mol. The molecule has 0 N–H and O–H groups in total. The summed E-state index contributed by atoms with van der Waals surface area (Å²) >= 11 is 0. The highest BCUT2D eigenvalue weighted by molar-refractivity contribution is 5.95. The van der Waals surface area contributed by atoms with E-state index in [1.54, 1.807) is 38.4 Å². The van der Waals surface area contributed by atoms with Gasteiger partial charge in [-0.05, 0) is 35.4 Å². The molecular weight excluding hydrogens is 266 g/mol. The van der Waals surface area contributed by atoms with Crippen LogP contribution in [-0.2, 0) is 4.74 Å². The fourth-order valence-electron chi connectivity index (χ4n) is 2.03. The van der Waals surface area contributed by atoms with Crippen LogP contribution in [0.2, 0.25) is 0 Å². The minimum Gasteiger partial charge on any atom is -0.465 e. The second-order valence-electron chi connectivity index (χ2n) is 4.85. The summed E-state index contributed by atoms with van der Waals surface area (Å²) in [5.74, 6) is -0.432. The van der Waals surface area contributed by atoms with Gasteiger partial charge in [-0.1, -0.05) is 24.3 Å². The molecule has 0 fully saturated rings. The van der Waals surface area contributed by atoms with E-state index in [-0.39, 0.29) is 11.9 Å². The van der Waals surface area contributed by atoms with E-state index in [0.29, 0.717) is 11.1 Å². The van der Waals surface area contributed by atoms with Crippen LogP contribution >= 0.6 is 0 Å². The molecule has 2 aromatic carbocycles. The van der Waals surface area contributed by atoms with Gasteiger partial charge in [0.1, 0.15) is 0 Å². The Bertz CT molecular complexity index is 677. The van der Waals surface area contributed by atoms with Crippen molar-refractivity contribution in [3.8, 4) is 11.1 Å². The monoisotopic (exact) mass is 283 g/mol. The molecule has 0 spiro atoms. The molecule has 108 valence electrons. The Morgan fingerprint density at radius 2 is 1.43 bits per heavy atom. The molecule has 1 amide bonds. The van der Waals surface area contributed by atoms with E-state index in [1.807, 2.05) is 24.3 Å². The molecule has 0 saturated carbocycles. The summed E-state index contributed by atoms with van der Waals surface area (Å²) in [6.07, 6.45) is 0. The summed E-state index contributed by atoms with van der Waals surface area (Å²) in [5, 5.41) is 0. The second kappa shape index (κ2) is 6.22. The lowest BCUT2D eigenvalue weighted by Crippen LogP contribution is -2.21. The minimum absolute atomic E-state index is 0.0547. The maximum absolute atomic E-state index is 12.0. The molecular formula is C17H17NO3. The molecule has 0 heterocycles. The number of carbonyl (C=O) groups is 2. The van der Waals surface area contributed by atoms with Crippen LogP contribution in [-0.4, -0.2) is 38.0 Å². The normalized spacial score (nSPS) is 10.0. The van der Waals surface area contributed by atoms with Crippen molar-refractivity contribution >= 4 is 11.9 Å². The van der Waals surface area contributed by atoms with E-state index >= 15 is 0 Å². The molecule has 2 rings (SSSR count). The quantitative estimate of drug-likeness (QED) is 0.814. The van der Waals surface area contributed by atoms with E-state index < -0.39 is 0 Å². The summed E-state index contributed by atoms with van der Waals surface area (Å²) in [5.41, 5.74) is 2.85. The molecule has 21 heavy (non-hydrogen) atoms. The zero-order chi connectivity index (χ0) is 15.4. The first-order valence-corrected chi connectivity index (χ1v) is 6.53. The summed E-state index contributed by atoms with van der Waals surface area (Å²) in [4.78, 5) is 25.1. The van der Waals surface area contributed by atoms with Crippen LogP contribution < -0.4 is 0 Å². The number of hydrogen-bond acceptors (Lipinski definition) is 3. The predicted octanol–water partition coefficient (Wildman–Crippen LogP) is 2.84. The molecule has 0 aliphatic rings. The van der Waals surface area contributed by atoms with Crippen LogP contribution in [0.15, 0.2) is 48.5 Å². The van der Waals surface area contributed by atoms with E-state index in [2.05, 4.69) is 0 Å². The molecule has 0 radical (unpaired) electrons. The summed E-state index contributed by atoms with van der Waals surface area (Å²) in [6, 6.07) is 14.5. The van der Waals surface area contributed by atoms with Crippen molar-refractivity contribution in [2.45, 2.75) is 0 Å². The van der Waals surface area contributed by atoms with E-state index in [4.69, 9.17) is 4.74 Å². The van der Waals surface area contributed by atoms with Crippen LogP contribution in [0.5, 0.6) is 0 Å². The van der Waals surface area contributed by atoms with Crippen LogP contribution in [0.1, 0.15) is 20.7 Å². The van der Waals surface area contributed by atoms with Gasteiger partial charge < -0.3 is 9.64 Å². The average Bonchev–Trinajstić information content (AvgIpc) is 2.53. The number of nitrogens with zero attached hydrogens (tertiary/aromatic N) is 1. The molecule has 0 aromatic heterocycles. The number of esters is 1. The van der Waals surface area contributed by atoms with Gasteiger partial charge in [-0.2, -0.15) is 0 Å². The van der Waals surface area contributed by atoms with Gasteiger partial charge in [-0.15, -0.1) is 0 Å². The van der Waals surface area contributed by atoms with Gasteiger partial charge in [-0.25, -0.2) is 4.79 Å². The van der Waals surface area contributed by atoms with Crippen molar-refractivity contribution in [2.75, 3.05) is 21.2 Å². The molecule has 0 aliphatic heterocycles. The number of methoxy groups -OCH3 is 1. The fraction of sp³-hybridized carbons (Fsp3) is 0.176. The summed E-state index contributed by atoms with van der Waals surface area (Å²) in [7, 11) is 4.78. The third kappa shape index (κ3) is 3.28. The topological polar surface area (TPSA) is 46.6 Å². The van der Waals surface area contributed by atoms with Crippen molar-refractivity contribution in [3.63, 3.8) is 0 Å². The maximum Gasteiger partial charge on any atom is 0.337 e. The van der Waals surface area contributed by atoms with Crippen LogP contribution in [0.25, 0.3) is 11.1 Å². The molecule has 4 heteroatoms. The number of ether oxygens (including phenoxy) is 1. The lowest BCUT2D eigenvalue weighted by molar-refractivity contribution is 0.0600. The van der Waals surface area contributed by atoms with Crippen molar-refractivity contribution in [3.05, 3.63) is 59.7 Å². The number of rotatable bonds is 3. The number of benzene rings is 2. The molecule has 0 saturated heterocycles. The molecule has 4 nitrogen and oxygen atoms in total. The minimum atomic E-state index is -0.377. The first-order chi connectivity index (χ1) is 10.0. The van der Waals surface area contributed by atoms with Crippen LogP contribution in [0, 0.1) is 0 Å². The molecule has 2 aromatic rings. The van der Waals surface area contributed by atoms with Crippen molar-refractivity contribution in [1.82, 2.24) is 4.90 Å². The predicted molar refractivity (Wildman–Crippen MR) is 81.2 cm³/mol. The molecule has 0 unspecified atom stereocenters. The number of carbonyl (C=O) groups excluding carboxylic acids is 2. The van der Waals surface area contributed by atoms with Crippen LogP contribution in [0.3, 0.4) is 0 Å². The molecule has 0 bridgehead atoms. The standard InChI is InChI=1S/C17H17NO3/c1-18(2)16(19)14-8-4-6-12(10-14)13-7-5-9-15(11-13)17(20)21-3/h4-11H,1-3H3. The highest BCUT2D eigenvalue weighted by Crippen LogP contribution is 2.22. The van der Waals surface area contributed by atoms with Gasteiger partial charge in [0.05, 0.1) is 12.7 Å². The summed E-state index contributed by atoms with van der Waals surface area (Å²) < 4.78 is 4.72. The smallest absolute Gasteiger partial charge is 0.337 e. The zero-order valence-electron chi connectivity index (χ0n) is 12.3. The molecule has 0 atom stereocenters. The van der Waals surface area contributed by atoms with Gasteiger partial charge in [0.15, 0.2) is 0 Å². The Labute approximate surface area is 124 Å². The Morgan fingerprint density at radius 3 is 1.95 bits per heavy atom. The largest absolute Gasteiger partial charge is 0.465 e. The van der Waals surface area contributed by atoms with E-state index in [1.165, 1.54) is 12.0 Å². The SMILES string of the molecule is COC(=O)c1cccc(-c2cccc(C(=O)N(C)C)c2)c1. The first-order valence-electron chi connectivity index (χ1n) is 6.53. The van der Waals surface area contributed by atoms with Crippen molar-refractivity contribution in [1.29, 1.82) is 0 Å². The van der Waals surface area contributed by atoms with Gasteiger partial charge in [0.25, 0.3) is 5.91 Å². The van der Waals surface area contributed by atoms with Gasteiger partial charge in [0.2, 0.25) is 0 Å². The lowest BCUT2D eigenvalue weighted by atomic mass is 10.0. The van der Waals surface area contributed by atoms with Crippen molar-refractivity contribution < 1.29 is 14.3 Å². The van der Waals surface area contributed by atoms with Gasteiger partial charge >= 0.3 is 5.97 Å². The lowest BCUT2D eigenvalue weighted by Gasteiger charge is -2.11. The summed E-state index contributed by atoms with van der Waals surface area (Å²) in [6.45, 7) is 0. The fourth-order valence-corrected chi connectivity index (χ4v) is 2.03. The number of amides is 1. The first kappa shape index (κ1) is 14.8. The van der Waals surface area contributed by atoms with Gasteiger partial charge in [-0.3, -0.25) is 4.79 Å². The Hall–Kier alpha value is -2.62. The third-order valence-corrected chi connectivity index (χ3v) is 3.13. The second-order valence-corrected chi connectivity index (χ2v) is 4.85. The van der Waals surface area contributed by atoms with Crippen molar-refractivity contribution in [2.24, 2.45) is 0 Å². The van der Waals surface area contributed by atoms with Gasteiger partial charge in [0, 0.05) is 19.7 Å². The van der Waals surface area contributed by atoms with Crippen LogP contribution in [0.4, 0.5) is 0 Å². The number of hydrogen-bond donors (Lipinski definition) is 0.